The number of hydrogen-bond acceptors (Lipinski definition) is 7. The molecule has 0 fully saturated rings. The molecule has 3 rings (SSSR count). The van der Waals surface area contributed by atoms with E-state index >= 15 is 0 Å². The first-order valence-electron chi connectivity index (χ1n) is 8.21. The molecule has 2 aromatic carbocycles. The van der Waals surface area contributed by atoms with Crippen LogP contribution >= 0.6 is 0 Å². The lowest BCUT2D eigenvalue weighted by atomic mass is 10.1. The summed E-state index contributed by atoms with van der Waals surface area (Å²) in [4.78, 5) is 20.4. The predicted octanol–water partition coefficient (Wildman–Crippen LogP) is 2.88. The van der Waals surface area contributed by atoms with Crippen molar-refractivity contribution in [3.63, 3.8) is 0 Å². The Hall–Kier alpha value is -3.81. The van der Waals surface area contributed by atoms with Crippen LogP contribution in [-0.4, -0.2) is 23.0 Å². The fraction of sp³-hybridized carbons (Fsp3) is 0.105. The van der Waals surface area contributed by atoms with Crippen LogP contribution in [0, 0.1) is 6.92 Å². The fourth-order valence-electron chi connectivity index (χ4n) is 2.33. The molecule has 0 spiro atoms. The molecule has 27 heavy (non-hydrogen) atoms. The number of nitrogen functional groups attached to an aromatic ring is 1. The topological polar surface area (TPSA) is 114 Å². The molecular weight excluding hydrogens is 344 g/mol. The van der Waals surface area contributed by atoms with E-state index in [0.717, 1.165) is 11.3 Å². The number of benzene rings is 2. The van der Waals surface area contributed by atoms with Gasteiger partial charge in [0.05, 0.1) is 7.11 Å². The molecule has 0 saturated carbocycles. The monoisotopic (exact) mass is 364 g/mol. The second kappa shape index (κ2) is 8.05. The third kappa shape index (κ3) is 4.43. The summed E-state index contributed by atoms with van der Waals surface area (Å²) >= 11 is 0. The van der Waals surface area contributed by atoms with Crippen molar-refractivity contribution in [1.29, 1.82) is 0 Å². The van der Waals surface area contributed by atoms with Crippen LogP contribution in [0.4, 0.5) is 23.0 Å². The van der Waals surface area contributed by atoms with Crippen LogP contribution in [0.25, 0.3) is 0 Å². The van der Waals surface area contributed by atoms with Gasteiger partial charge in [-0.3, -0.25) is 15.6 Å². The molecule has 0 unspecified atom stereocenters. The van der Waals surface area contributed by atoms with Gasteiger partial charge in [0, 0.05) is 17.3 Å². The van der Waals surface area contributed by atoms with Gasteiger partial charge in [-0.25, -0.2) is 9.97 Å². The highest BCUT2D eigenvalue weighted by molar-refractivity contribution is 5.95. The third-order valence-electron chi connectivity index (χ3n) is 3.82. The Labute approximate surface area is 156 Å². The predicted molar refractivity (Wildman–Crippen MR) is 105 cm³/mol. The average Bonchev–Trinajstić information content (AvgIpc) is 2.69. The summed E-state index contributed by atoms with van der Waals surface area (Å²) in [5.74, 6) is 1.10. The van der Waals surface area contributed by atoms with Crippen molar-refractivity contribution in [1.82, 2.24) is 15.4 Å². The Bertz CT molecular complexity index is 943. The minimum atomic E-state index is -0.296. The lowest BCUT2D eigenvalue weighted by molar-refractivity contribution is 0.0962. The lowest BCUT2D eigenvalue weighted by Gasteiger charge is -2.13. The van der Waals surface area contributed by atoms with E-state index in [1.807, 2.05) is 43.3 Å². The Kier molecular flexibility index (Phi) is 5.36. The summed E-state index contributed by atoms with van der Waals surface area (Å²) in [6, 6.07) is 14.6. The molecule has 5 N–H and O–H groups in total. The summed E-state index contributed by atoms with van der Waals surface area (Å²) < 4.78 is 5.20. The summed E-state index contributed by atoms with van der Waals surface area (Å²) in [6.45, 7) is 1.96. The van der Waals surface area contributed by atoms with Crippen molar-refractivity contribution in [2.45, 2.75) is 6.92 Å². The first kappa shape index (κ1) is 18.0. The molecule has 1 amide bonds. The van der Waals surface area contributed by atoms with Crippen LogP contribution in [-0.2, 0) is 0 Å². The lowest BCUT2D eigenvalue weighted by Crippen LogP contribution is -2.30. The largest absolute Gasteiger partial charge is 0.497 e. The number of rotatable bonds is 6. The van der Waals surface area contributed by atoms with Crippen LogP contribution in [0.2, 0.25) is 0 Å². The number of methoxy groups -OCH3 is 1. The molecule has 0 radical (unpaired) electrons. The van der Waals surface area contributed by atoms with Gasteiger partial charge in [0.1, 0.15) is 17.8 Å². The smallest absolute Gasteiger partial charge is 0.269 e. The minimum absolute atomic E-state index is 0.268. The molecule has 8 nitrogen and oxygen atoms in total. The van der Waals surface area contributed by atoms with Crippen molar-refractivity contribution in [2.24, 2.45) is 0 Å². The Balaban J connectivity index is 1.70. The summed E-state index contributed by atoms with van der Waals surface area (Å²) in [5, 5.41) is 3.10. The number of carbonyl (C=O) groups excluding carboxylic acids is 1. The van der Waals surface area contributed by atoms with E-state index in [0.29, 0.717) is 17.1 Å². The molecule has 0 aliphatic heterocycles. The molecule has 1 aromatic heterocycles. The molecule has 0 aliphatic carbocycles. The first-order chi connectivity index (χ1) is 13.1. The highest BCUT2D eigenvalue weighted by Gasteiger charge is 2.11. The second-order valence-electron chi connectivity index (χ2n) is 5.79. The molecule has 0 bridgehead atoms. The van der Waals surface area contributed by atoms with Crippen molar-refractivity contribution in [2.75, 3.05) is 23.6 Å². The Morgan fingerprint density at radius 3 is 2.56 bits per heavy atom. The van der Waals surface area contributed by atoms with Gasteiger partial charge in [0.15, 0.2) is 11.6 Å². The zero-order valence-electron chi connectivity index (χ0n) is 15.0. The maximum absolute atomic E-state index is 12.2. The Morgan fingerprint density at radius 2 is 1.81 bits per heavy atom. The van der Waals surface area contributed by atoms with Gasteiger partial charge >= 0.3 is 0 Å². The molecule has 8 heteroatoms. The van der Waals surface area contributed by atoms with Crippen LogP contribution in [0.15, 0.2) is 54.9 Å². The number of ether oxygens (including phenoxy) is 1. The van der Waals surface area contributed by atoms with Crippen molar-refractivity contribution in [3.8, 4) is 5.75 Å². The number of nitrogens with zero attached hydrogens (tertiary/aromatic N) is 2. The van der Waals surface area contributed by atoms with Crippen LogP contribution < -0.4 is 26.6 Å². The van der Waals surface area contributed by atoms with Crippen molar-refractivity contribution in [3.05, 3.63) is 66.0 Å². The quantitative estimate of drug-likeness (QED) is 0.497. The van der Waals surface area contributed by atoms with Crippen LogP contribution in [0.3, 0.4) is 0 Å². The maximum atomic E-state index is 12.2. The van der Waals surface area contributed by atoms with E-state index in [2.05, 4.69) is 26.1 Å². The van der Waals surface area contributed by atoms with E-state index in [1.54, 1.807) is 19.2 Å². The van der Waals surface area contributed by atoms with Gasteiger partial charge in [0.2, 0.25) is 0 Å². The number of aromatic nitrogens is 2. The minimum Gasteiger partial charge on any atom is -0.497 e. The van der Waals surface area contributed by atoms with Gasteiger partial charge in [-0.2, -0.15) is 0 Å². The van der Waals surface area contributed by atoms with Crippen LogP contribution in [0.1, 0.15) is 15.9 Å². The van der Waals surface area contributed by atoms with Gasteiger partial charge < -0.3 is 15.8 Å². The van der Waals surface area contributed by atoms with E-state index in [4.69, 9.17) is 10.5 Å². The van der Waals surface area contributed by atoms with E-state index in [-0.39, 0.29) is 17.4 Å². The van der Waals surface area contributed by atoms with Crippen LogP contribution in [0.5, 0.6) is 5.75 Å². The number of nitrogens with one attached hydrogen (secondary N) is 3. The average molecular weight is 364 g/mol. The fourth-order valence-corrected chi connectivity index (χ4v) is 2.33. The second-order valence-corrected chi connectivity index (χ2v) is 5.79. The van der Waals surface area contributed by atoms with Gasteiger partial charge in [-0.15, -0.1) is 0 Å². The summed E-state index contributed by atoms with van der Waals surface area (Å²) in [6.07, 6.45) is 1.35. The van der Waals surface area contributed by atoms with E-state index < -0.39 is 0 Å². The van der Waals surface area contributed by atoms with E-state index in [9.17, 15) is 4.79 Å². The number of carbonyl (C=O) groups is 1. The molecular formula is C19H20N6O2. The zero-order chi connectivity index (χ0) is 19.2. The molecule has 0 saturated heterocycles. The molecule has 3 aromatic rings. The maximum Gasteiger partial charge on any atom is 0.269 e. The van der Waals surface area contributed by atoms with Gasteiger partial charge in [-0.05, 0) is 31.2 Å². The highest BCUT2D eigenvalue weighted by Crippen LogP contribution is 2.26. The Morgan fingerprint density at radius 1 is 1.07 bits per heavy atom. The van der Waals surface area contributed by atoms with Gasteiger partial charge in [-0.1, -0.05) is 23.8 Å². The first-order valence-corrected chi connectivity index (χ1v) is 8.21. The van der Waals surface area contributed by atoms with Crippen molar-refractivity contribution < 1.29 is 9.53 Å². The molecule has 0 aliphatic rings. The van der Waals surface area contributed by atoms with E-state index in [1.165, 1.54) is 6.33 Å². The summed E-state index contributed by atoms with van der Waals surface area (Å²) in [5.41, 5.74) is 14.1. The molecule has 1 heterocycles. The molecule has 138 valence electrons. The SMILES string of the molecule is COc1cccc(Nc2ncnc(NNC(=O)c3ccc(C)cc3)c2N)c1. The normalized spacial score (nSPS) is 10.1. The molecule has 0 atom stereocenters. The number of hydrogen-bond donors (Lipinski definition) is 4. The number of amides is 1. The van der Waals surface area contributed by atoms with Gasteiger partial charge in [0.25, 0.3) is 5.91 Å². The number of nitrogens with two attached hydrogens (primary N) is 1. The third-order valence-corrected chi connectivity index (χ3v) is 3.82. The number of aryl methyl sites for hydroxylation is 1. The zero-order valence-corrected chi connectivity index (χ0v) is 15.0. The standard InChI is InChI=1S/C19H20N6O2/c1-12-6-8-13(9-7-12)19(26)25-24-18-16(20)17(21-11-22-18)23-14-4-3-5-15(10-14)27-2/h3-11H,20H2,1-2H3,(H,25,26)(H2,21,22,23,24). The summed E-state index contributed by atoms with van der Waals surface area (Å²) in [7, 11) is 1.59. The van der Waals surface area contributed by atoms with Crippen molar-refractivity contribution >= 4 is 28.9 Å². The number of hydrazine groups is 1. The highest BCUT2D eigenvalue weighted by atomic mass is 16.5. The number of anilines is 4.